The summed E-state index contributed by atoms with van der Waals surface area (Å²) in [5.41, 5.74) is 0. The van der Waals surface area contributed by atoms with Gasteiger partial charge in [0.1, 0.15) is 42.7 Å². The molecule has 2 rings (SSSR count). The minimum absolute atomic E-state index is 0.505. The molecule has 0 spiro atoms. The summed E-state index contributed by atoms with van der Waals surface area (Å²) in [5.74, 6) is 0. The van der Waals surface area contributed by atoms with Crippen LogP contribution in [0.5, 0.6) is 0 Å². The third-order valence-electron chi connectivity index (χ3n) is 4.80. The number of carbonyl (C=O) groups excluding carboxylic acids is 1. The molecule has 2 aliphatic heterocycles. The van der Waals surface area contributed by atoms with Crippen molar-refractivity contribution in [1.29, 1.82) is 0 Å². The molecule has 27 heavy (non-hydrogen) atoms. The van der Waals surface area contributed by atoms with Crippen LogP contribution in [-0.4, -0.2) is 118 Å². The van der Waals surface area contributed by atoms with Crippen LogP contribution in [0.15, 0.2) is 0 Å². The van der Waals surface area contributed by atoms with E-state index in [-0.39, 0.29) is 0 Å². The highest BCUT2D eigenvalue weighted by Gasteiger charge is 2.50. The second-order valence-electron chi connectivity index (χ2n) is 6.60. The Morgan fingerprint density at radius 2 is 1.56 bits per heavy atom. The van der Waals surface area contributed by atoms with Gasteiger partial charge >= 0.3 is 6.03 Å². The first-order chi connectivity index (χ1) is 12.7. The quantitative estimate of drug-likeness (QED) is 0.225. The van der Waals surface area contributed by atoms with Crippen LogP contribution in [0, 0.1) is 0 Å². The number of amides is 2. The fourth-order valence-corrected chi connectivity index (χ4v) is 3.22. The van der Waals surface area contributed by atoms with E-state index in [1.807, 2.05) is 0 Å². The van der Waals surface area contributed by atoms with Gasteiger partial charge in [-0.3, -0.25) is 0 Å². The van der Waals surface area contributed by atoms with Gasteiger partial charge in [-0.2, -0.15) is 0 Å². The maximum absolute atomic E-state index is 11.6. The number of ether oxygens (including phenoxy) is 3. The second-order valence-corrected chi connectivity index (χ2v) is 6.60. The van der Waals surface area contributed by atoms with Crippen LogP contribution in [0.3, 0.4) is 0 Å². The van der Waals surface area contributed by atoms with E-state index in [1.54, 1.807) is 0 Å². The van der Waals surface area contributed by atoms with Gasteiger partial charge in [0.25, 0.3) is 0 Å². The Morgan fingerprint density at radius 3 is 2.11 bits per heavy atom. The zero-order valence-corrected chi connectivity index (χ0v) is 15.0. The van der Waals surface area contributed by atoms with Crippen LogP contribution in [0.4, 0.5) is 4.79 Å². The van der Waals surface area contributed by atoms with E-state index in [0.717, 1.165) is 0 Å². The van der Waals surface area contributed by atoms with Crippen LogP contribution < -0.4 is 10.6 Å². The molecule has 0 saturated carbocycles. The van der Waals surface area contributed by atoms with Gasteiger partial charge in [0.15, 0.2) is 6.29 Å². The summed E-state index contributed by atoms with van der Waals surface area (Å²) in [6, 6.07) is -1.90. The fraction of sp³-hybridized carbons (Fsp3) is 0.933. The SMILES string of the molecule is CNC(=O)N[C@@H]1[C@H](O)[C@@H](O[C@@H]2C(C)O[C@@H](CO)[C@@H](O)[C@@H]2O)O[C@H](CO)[C@H]1O. The van der Waals surface area contributed by atoms with Gasteiger partial charge in [-0.25, -0.2) is 4.79 Å². The Balaban J connectivity index is 2.14. The highest BCUT2D eigenvalue weighted by Crippen LogP contribution is 2.28. The molecule has 2 heterocycles. The van der Waals surface area contributed by atoms with Crippen molar-refractivity contribution in [2.45, 2.75) is 68.1 Å². The molecule has 0 aromatic rings. The smallest absolute Gasteiger partial charge is 0.314 e. The molecule has 158 valence electrons. The molecule has 10 atom stereocenters. The standard InChI is InChI=1S/C15H28N2O10/c1-5-13(12(23)10(21)7(4-19)25-5)27-14-11(22)8(17-15(24)16-2)9(20)6(3-18)26-14/h5-14,18-23H,3-4H2,1-2H3,(H2,16,17,24)/t5?,6-,7+,8+,9-,10-,11+,12+,13-,14-/m1/s1. The maximum Gasteiger partial charge on any atom is 0.314 e. The first kappa shape index (κ1) is 22.2. The monoisotopic (exact) mass is 396 g/mol. The molecule has 12 heteroatoms. The van der Waals surface area contributed by atoms with Crippen LogP contribution in [0.2, 0.25) is 0 Å². The number of rotatable bonds is 5. The van der Waals surface area contributed by atoms with E-state index >= 15 is 0 Å². The Morgan fingerprint density at radius 1 is 0.963 bits per heavy atom. The van der Waals surface area contributed by atoms with Crippen molar-refractivity contribution in [3.05, 3.63) is 0 Å². The summed E-state index contributed by atoms with van der Waals surface area (Å²) < 4.78 is 16.3. The molecule has 2 aliphatic rings. The van der Waals surface area contributed by atoms with Gasteiger partial charge in [-0.05, 0) is 6.92 Å². The van der Waals surface area contributed by atoms with E-state index in [4.69, 9.17) is 14.2 Å². The summed E-state index contributed by atoms with van der Waals surface area (Å²) in [6.07, 6.45) is -11.4. The van der Waals surface area contributed by atoms with Gasteiger partial charge in [0.05, 0.1) is 25.4 Å². The predicted octanol–water partition coefficient (Wildman–Crippen LogP) is -4.39. The van der Waals surface area contributed by atoms with Gasteiger partial charge in [0, 0.05) is 7.05 Å². The molecule has 8 N–H and O–H groups in total. The fourth-order valence-electron chi connectivity index (χ4n) is 3.22. The third-order valence-corrected chi connectivity index (χ3v) is 4.80. The van der Waals surface area contributed by atoms with Gasteiger partial charge in [0.2, 0.25) is 0 Å². The lowest BCUT2D eigenvalue weighted by atomic mass is 9.94. The second kappa shape index (κ2) is 9.41. The highest BCUT2D eigenvalue weighted by atomic mass is 16.7. The number of aliphatic hydroxyl groups is 6. The Labute approximate surface area is 155 Å². The van der Waals surface area contributed by atoms with Gasteiger partial charge in [-0.15, -0.1) is 0 Å². The number of aliphatic hydroxyl groups excluding tert-OH is 6. The minimum Gasteiger partial charge on any atom is -0.394 e. The molecule has 2 fully saturated rings. The zero-order chi connectivity index (χ0) is 20.3. The molecule has 2 saturated heterocycles. The molecule has 1 unspecified atom stereocenters. The van der Waals surface area contributed by atoms with E-state index < -0.39 is 80.4 Å². The zero-order valence-electron chi connectivity index (χ0n) is 15.0. The number of urea groups is 1. The van der Waals surface area contributed by atoms with Crippen molar-refractivity contribution in [1.82, 2.24) is 10.6 Å². The topological polar surface area (TPSA) is 190 Å². The Bertz CT molecular complexity index is 497. The molecule has 0 aliphatic carbocycles. The molecular weight excluding hydrogens is 368 g/mol. The number of hydrogen-bond acceptors (Lipinski definition) is 10. The van der Waals surface area contributed by atoms with E-state index in [1.165, 1.54) is 14.0 Å². The van der Waals surface area contributed by atoms with Crippen LogP contribution in [-0.2, 0) is 14.2 Å². The van der Waals surface area contributed by atoms with E-state index in [2.05, 4.69) is 10.6 Å². The van der Waals surface area contributed by atoms with Gasteiger partial charge < -0.3 is 55.5 Å². The van der Waals surface area contributed by atoms with Crippen LogP contribution >= 0.6 is 0 Å². The number of nitrogens with one attached hydrogen (secondary N) is 2. The molecule has 0 bridgehead atoms. The molecule has 0 radical (unpaired) electrons. The van der Waals surface area contributed by atoms with Gasteiger partial charge in [-0.1, -0.05) is 0 Å². The van der Waals surface area contributed by atoms with Crippen molar-refractivity contribution in [3.63, 3.8) is 0 Å². The first-order valence-corrected chi connectivity index (χ1v) is 8.63. The predicted molar refractivity (Wildman–Crippen MR) is 87.4 cm³/mol. The average molecular weight is 396 g/mol. The van der Waals surface area contributed by atoms with Crippen molar-refractivity contribution in [3.8, 4) is 0 Å². The normalized spacial score (nSPS) is 45.3. The Hall–Kier alpha value is -1.09. The molecular formula is C15H28N2O10. The van der Waals surface area contributed by atoms with Crippen molar-refractivity contribution < 1.29 is 49.6 Å². The minimum atomic E-state index is -1.55. The summed E-state index contributed by atoms with van der Waals surface area (Å²) in [7, 11) is 1.35. The van der Waals surface area contributed by atoms with E-state index in [9.17, 15) is 35.4 Å². The molecule has 12 nitrogen and oxygen atoms in total. The summed E-state index contributed by atoms with van der Waals surface area (Å²) >= 11 is 0. The van der Waals surface area contributed by atoms with Crippen molar-refractivity contribution >= 4 is 6.03 Å². The summed E-state index contributed by atoms with van der Waals surface area (Å²) in [5, 5.41) is 64.1. The summed E-state index contributed by atoms with van der Waals surface area (Å²) in [6.45, 7) is 0.416. The number of carbonyl (C=O) groups is 1. The summed E-state index contributed by atoms with van der Waals surface area (Å²) in [4.78, 5) is 11.6. The van der Waals surface area contributed by atoms with Crippen molar-refractivity contribution in [2.24, 2.45) is 0 Å². The number of hydrogen-bond donors (Lipinski definition) is 8. The third kappa shape index (κ3) is 4.67. The highest BCUT2D eigenvalue weighted by molar-refractivity contribution is 5.74. The average Bonchev–Trinajstić information content (AvgIpc) is 2.66. The first-order valence-electron chi connectivity index (χ1n) is 8.63. The van der Waals surface area contributed by atoms with Crippen molar-refractivity contribution in [2.75, 3.05) is 20.3 Å². The largest absolute Gasteiger partial charge is 0.394 e. The molecule has 2 amide bonds. The molecule has 0 aromatic carbocycles. The van der Waals surface area contributed by atoms with Crippen LogP contribution in [0.1, 0.15) is 6.92 Å². The maximum atomic E-state index is 11.6. The van der Waals surface area contributed by atoms with E-state index in [0.29, 0.717) is 0 Å². The lowest BCUT2D eigenvalue weighted by Crippen LogP contribution is -2.67. The van der Waals surface area contributed by atoms with Crippen LogP contribution in [0.25, 0.3) is 0 Å². The Kier molecular flexibility index (Phi) is 7.73. The lowest BCUT2D eigenvalue weighted by molar-refractivity contribution is -0.327. The molecule has 0 aromatic heterocycles. The lowest BCUT2D eigenvalue weighted by Gasteiger charge is -2.46.